The van der Waals surface area contributed by atoms with Crippen molar-refractivity contribution in [3.63, 3.8) is 0 Å². The maximum absolute atomic E-state index is 14.4. The number of rotatable bonds is 4. The standard InChI is InChI=1S/C29H37NO6/c1-14-8-7-9-20(30-6)21(14)26(34)36-25-15(2)12-28-16(3)10-19-22(27(19,4)5)18(24(28)33)11-17(13-31)23(32)29(25,28)35/h7-9,11-12,16,18-19,22-23,25,30-32,35H,10,13H2,1-6H3/t16-,18+,19-,22+,23-,25+,28+,29+/m1/s1. The van der Waals surface area contributed by atoms with Crippen molar-refractivity contribution in [2.45, 2.75) is 58.8 Å². The van der Waals surface area contributed by atoms with E-state index in [1.807, 2.05) is 13.0 Å². The Kier molecular flexibility index (Phi) is 5.60. The van der Waals surface area contributed by atoms with Crippen molar-refractivity contribution >= 4 is 17.4 Å². The molecule has 0 unspecified atom stereocenters. The van der Waals surface area contributed by atoms with Gasteiger partial charge in [0.2, 0.25) is 0 Å². The Balaban J connectivity index is 1.64. The van der Waals surface area contributed by atoms with Crippen molar-refractivity contribution in [3.8, 4) is 0 Å². The zero-order chi connectivity index (χ0) is 26.4. The zero-order valence-electron chi connectivity index (χ0n) is 21.8. The molecule has 194 valence electrons. The summed E-state index contributed by atoms with van der Waals surface area (Å²) >= 11 is 0. The predicted molar refractivity (Wildman–Crippen MR) is 135 cm³/mol. The van der Waals surface area contributed by atoms with Gasteiger partial charge in [0, 0.05) is 18.7 Å². The first-order chi connectivity index (χ1) is 16.9. The van der Waals surface area contributed by atoms with E-state index in [4.69, 9.17) is 4.74 Å². The maximum Gasteiger partial charge on any atom is 0.341 e. The maximum atomic E-state index is 14.4. The molecule has 1 aromatic carbocycles. The first-order valence-corrected chi connectivity index (χ1v) is 12.8. The number of carbonyl (C=O) groups excluding carboxylic acids is 2. The lowest BCUT2D eigenvalue weighted by atomic mass is 9.59. The summed E-state index contributed by atoms with van der Waals surface area (Å²) in [4.78, 5) is 27.9. The second-order valence-corrected chi connectivity index (χ2v) is 11.9. The number of allylic oxidation sites excluding steroid dienone is 1. The summed E-state index contributed by atoms with van der Waals surface area (Å²) in [5.41, 5.74) is -1.29. The van der Waals surface area contributed by atoms with Crippen LogP contribution < -0.4 is 5.32 Å². The van der Waals surface area contributed by atoms with Crippen LogP contribution in [-0.4, -0.2) is 58.5 Å². The number of nitrogens with one attached hydrogen (secondary N) is 1. The fourth-order valence-electron chi connectivity index (χ4n) is 7.91. The van der Waals surface area contributed by atoms with Crippen LogP contribution in [0.5, 0.6) is 0 Å². The third-order valence-electron chi connectivity index (χ3n) is 9.87. The van der Waals surface area contributed by atoms with Crippen LogP contribution in [0.15, 0.2) is 41.5 Å². The van der Waals surface area contributed by atoms with Crippen LogP contribution in [0.25, 0.3) is 0 Å². The fraction of sp³-hybridized carbons (Fsp3) is 0.586. The van der Waals surface area contributed by atoms with E-state index in [-0.39, 0.29) is 34.5 Å². The molecule has 2 saturated carbocycles. The summed E-state index contributed by atoms with van der Waals surface area (Å²) in [5.74, 6) is -1.30. The molecule has 2 bridgehead atoms. The Hall–Kier alpha value is -2.48. The molecule has 0 saturated heterocycles. The van der Waals surface area contributed by atoms with Crippen LogP contribution in [-0.2, 0) is 9.53 Å². The number of Topliss-reactive ketones (excluding diaryl/α,β-unsaturated/α-hetero) is 1. The van der Waals surface area contributed by atoms with Crippen molar-refractivity contribution in [2.24, 2.45) is 34.5 Å². The Morgan fingerprint density at radius 1 is 1.25 bits per heavy atom. The van der Waals surface area contributed by atoms with Crippen molar-refractivity contribution < 1.29 is 29.6 Å². The molecule has 1 spiro atoms. The smallest absolute Gasteiger partial charge is 0.341 e. The third kappa shape index (κ3) is 2.96. The van der Waals surface area contributed by atoms with Crippen LogP contribution in [0.4, 0.5) is 5.69 Å². The number of aliphatic hydroxyl groups is 3. The van der Waals surface area contributed by atoms with Crippen LogP contribution in [0.2, 0.25) is 0 Å². The van der Waals surface area contributed by atoms with E-state index in [1.165, 1.54) is 0 Å². The van der Waals surface area contributed by atoms with E-state index in [0.29, 0.717) is 28.8 Å². The van der Waals surface area contributed by atoms with Crippen molar-refractivity contribution in [1.82, 2.24) is 0 Å². The molecule has 1 aromatic rings. The summed E-state index contributed by atoms with van der Waals surface area (Å²) in [6.07, 6.45) is 1.30. The van der Waals surface area contributed by atoms with Crippen LogP contribution in [0, 0.1) is 41.4 Å². The van der Waals surface area contributed by atoms with Crippen molar-refractivity contribution in [1.29, 1.82) is 0 Å². The van der Waals surface area contributed by atoms with Gasteiger partial charge in [-0.2, -0.15) is 0 Å². The molecular weight excluding hydrogens is 458 g/mol. The molecule has 0 amide bonds. The number of ether oxygens (including phenoxy) is 1. The highest BCUT2D eigenvalue weighted by Crippen LogP contribution is 2.71. The second kappa shape index (κ2) is 8.01. The second-order valence-electron chi connectivity index (χ2n) is 11.9. The van der Waals surface area contributed by atoms with Crippen molar-refractivity contribution in [2.75, 3.05) is 19.0 Å². The molecule has 2 fully saturated rings. The van der Waals surface area contributed by atoms with Crippen LogP contribution in [0.1, 0.15) is 50.0 Å². The average Bonchev–Trinajstić information content (AvgIpc) is 3.32. The Bertz CT molecular complexity index is 1200. The molecular formula is C29H37NO6. The number of carbonyl (C=O) groups is 2. The molecule has 5 rings (SSSR count). The van der Waals surface area contributed by atoms with Gasteiger partial charge in [-0.1, -0.05) is 45.1 Å². The van der Waals surface area contributed by atoms with Gasteiger partial charge >= 0.3 is 5.97 Å². The number of fused-ring (bicyclic) bond motifs is 3. The molecule has 36 heavy (non-hydrogen) atoms. The molecule has 4 N–H and O–H groups in total. The van der Waals surface area contributed by atoms with E-state index >= 15 is 0 Å². The van der Waals surface area contributed by atoms with E-state index < -0.39 is 41.7 Å². The number of aryl methyl sites for hydroxylation is 1. The molecule has 8 atom stereocenters. The van der Waals surface area contributed by atoms with Gasteiger partial charge in [-0.25, -0.2) is 4.79 Å². The Morgan fingerprint density at radius 3 is 2.58 bits per heavy atom. The minimum Gasteiger partial charge on any atom is -0.451 e. The number of benzene rings is 1. The van der Waals surface area contributed by atoms with E-state index in [0.717, 1.165) is 0 Å². The van der Waals surface area contributed by atoms with E-state index in [2.05, 4.69) is 19.2 Å². The summed E-state index contributed by atoms with van der Waals surface area (Å²) in [6.45, 7) is 9.28. The van der Waals surface area contributed by atoms with Crippen LogP contribution >= 0.6 is 0 Å². The van der Waals surface area contributed by atoms with E-state index in [9.17, 15) is 24.9 Å². The van der Waals surface area contributed by atoms with Gasteiger partial charge in [0.25, 0.3) is 0 Å². The molecule has 0 heterocycles. The van der Waals surface area contributed by atoms with Gasteiger partial charge in [0.1, 0.15) is 6.10 Å². The number of aliphatic hydroxyl groups excluding tert-OH is 2. The number of ketones is 1. The molecule has 0 aromatic heterocycles. The molecule has 7 nitrogen and oxygen atoms in total. The molecule has 7 heteroatoms. The molecule has 0 aliphatic heterocycles. The highest BCUT2D eigenvalue weighted by molar-refractivity contribution is 5.98. The van der Waals surface area contributed by atoms with Gasteiger partial charge in [0.05, 0.1) is 17.6 Å². The number of esters is 1. The Morgan fingerprint density at radius 2 is 1.94 bits per heavy atom. The zero-order valence-corrected chi connectivity index (χ0v) is 21.8. The monoisotopic (exact) mass is 495 g/mol. The summed E-state index contributed by atoms with van der Waals surface area (Å²) in [5, 5.41) is 37.4. The van der Waals surface area contributed by atoms with Gasteiger partial charge in [-0.3, -0.25) is 4.79 Å². The number of hydrogen-bond acceptors (Lipinski definition) is 7. The lowest BCUT2D eigenvalue weighted by molar-refractivity contribution is -0.190. The lowest BCUT2D eigenvalue weighted by Crippen LogP contribution is -2.65. The molecule has 4 aliphatic rings. The molecule has 4 aliphatic carbocycles. The highest BCUT2D eigenvalue weighted by atomic mass is 16.6. The van der Waals surface area contributed by atoms with Crippen LogP contribution in [0.3, 0.4) is 0 Å². The van der Waals surface area contributed by atoms with Gasteiger partial charge in [-0.15, -0.1) is 0 Å². The Labute approximate surface area is 212 Å². The normalized spacial score (nSPS) is 40.2. The highest BCUT2D eigenvalue weighted by Gasteiger charge is 2.76. The van der Waals surface area contributed by atoms with E-state index in [1.54, 1.807) is 45.2 Å². The summed E-state index contributed by atoms with van der Waals surface area (Å²) < 4.78 is 6.01. The predicted octanol–water partition coefficient (Wildman–Crippen LogP) is 3.03. The first-order valence-electron chi connectivity index (χ1n) is 12.8. The number of anilines is 1. The minimum absolute atomic E-state index is 0.0434. The van der Waals surface area contributed by atoms with Crippen molar-refractivity contribution in [3.05, 3.63) is 52.6 Å². The minimum atomic E-state index is -2.14. The lowest BCUT2D eigenvalue weighted by Gasteiger charge is -2.48. The fourth-order valence-corrected chi connectivity index (χ4v) is 7.91. The SMILES string of the molecule is CNc1cccc(C)c1C(=O)O[C@H]1C(C)=C[C@]23C(=O)[C@@H](C=C(CO)[C@@H](O)[C@]12O)[C@H]1[C@@H](C[C@H]3C)C1(C)C. The number of hydrogen-bond donors (Lipinski definition) is 4. The summed E-state index contributed by atoms with van der Waals surface area (Å²) in [6, 6.07) is 5.39. The largest absolute Gasteiger partial charge is 0.451 e. The van der Waals surface area contributed by atoms with Gasteiger partial charge < -0.3 is 25.4 Å². The third-order valence-corrected chi connectivity index (χ3v) is 9.87. The average molecular weight is 496 g/mol. The first kappa shape index (κ1) is 25.2. The quantitative estimate of drug-likeness (QED) is 0.375. The summed E-state index contributed by atoms with van der Waals surface area (Å²) in [7, 11) is 1.71. The topological polar surface area (TPSA) is 116 Å². The van der Waals surface area contributed by atoms with Gasteiger partial charge in [-0.05, 0) is 66.2 Å². The molecule has 0 radical (unpaired) electrons. The van der Waals surface area contributed by atoms with Gasteiger partial charge in [0.15, 0.2) is 17.5 Å².